The summed E-state index contributed by atoms with van der Waals surface area (Å²) in [6.45, 7) is 8.86. The van der Waals surface area contributed by atoms with E-state index in [9.17, 15) is 19.2 Å². The Morgan fingerprint density at radius 3 is 2.33 bits per heavy atom. The number of esters is 1. The number of Topliss-reactive ketones (excluding diaryl/α,β-unsaturated/α-hetero) is 1. The van der Waals surface area contributed by atoms with Crippen LogP contribution >= 0.6 is 0 Å². The van der Waals surface area contributed by atoms with Gasteiger partial charge in [-0.3, -0.25) is 19.2 Å². The van der Waals surface area contributed by atoms with E-state index in [1.165, 1.54) is 7.05 Å². The molecule has 1 fully saturated rings. The predicted molar refractivity (Wildman–Crippen MR) is 113 cm³/mol. The van der Waals surface area contributed by atoms with Gasteiger partial charge < -0.3 is 14.5 Å². The molecule has 0 aromatic heterocycles. The second-order valence-electron chi connectivity index (χ2n) is 8.75. The molecule has 0 N–H and O–H groups in total. The van der Waals surface area contributed by atoms with Gasteiger partial charge in [-0.05, 0) is 30.7 Å². The quantitative estimate of drug-likeness (QED) is 0.404. The average molecular weight is 417 g/mol. The smallest absolute Gasteiger partial charge is 0.310 e. The van der Waals surface area contributed by atoms with Gasteiger partial charge in [-0.15, -0.1) is 0 Å². The Morgan fingerprint density at radius 2 is 1.77 bits per heavy atom. The highest BCUT2D eigenvalue weighted by atomic mass is 16.5. The first-order valence-electron chi connectivity index (χ1n) is 10.4. The van der Waals surface area contributed by atoms with Gasteiger partial charge in [-0.2, -0.15) is 0 Å². The zero-order valence-electron chi connectivity index (χ0n) is 18.6. The fourth-order valence-corrected chi connectivity index (χ4v) is 3.45. The lowest BCUT2D eigenvalue weighted by atomic mass is 9.86. The highest BCUT2D eigenvalue weighted by Gasteiger charge is 2.31. The third-order valence-electron chi connectivity index (χ3n) is 5.32. The summed E-state index contributed by atoms with van der Waals surface area (Å²) in [6.07, 6.45) is 1.38. The van der Waals surface area contributed by atoms with E-state index in [1.54, 1.807) is 24.0 Å². The zero-order chi connectivity index (χ0) is 22.5. The zero-order valence-corrected chi connectivity index (χ0v) is 18.6. The molecule has 1 aliphatic heterocycles. The van der Waals surface area contributed by atoms with E-state index in [2.05, 4.69) is 20.8 Å². The first-order chi connectivity index (χ1) is 14.0. The highest BCUT2D eigenvalue weighted by molar-refractivity contribution is 6.42. The summed E-state index contributed by atoms with van der Waals surface area (Å²) in [5.41, 5.74) is 1.31. The summed E-state index contributed by atoms with van der Waals surface area (Å²) in [4.78, 5) is 52.4. The minimum absolute atomic E-state index is 0.0509. The first kappa shape index (κ1) is 23.6. The molecule has 1 saturated heterocycles. The van der Waals surface area contributed by atoms with Crippen molar-refractivity contribution in [3.8, 4) is 0 Å². The Kier molecular flexibility index (Phi) is 7.76. The standard InChI is InChI=1S/C23H32N2O5/c1-6-30-22(29)17-8-7-13-25(14-17)19(26)15-24(5)21(28)20(27)16-9-11-18(12-10-16)23(2,3)4/h9-12,17H,6-8,13-15H2,1-5H3. The van der Waals surface area contributed by atoms with Crippen molar-refractivity contribution in [3.05, 3.63) is 35.4 Å². The molecule has 1 heterocycles. The van der Waals surface area contributed by atoms with E-state index < -0.39 is 11.7 Å². The summed E-state index contributed by atoms with van der Waals surface area (Å²) in [5, 5.41) is 0. The van der Waals surface area contributed by atoms with Crippen molar-refractivity contribution in [2.75, 3.05) is 33.3 Å². The Bertz CT molecular complexity index is 795. The van der Waals surface area contributed by atoms with Crippen molar-refractivity contribution < 1.29 is 23.9 Å². The van der Waals surface area contributed by atoms with Crippen molar-refractivity contribution in [3.63, 3.8) is 0 Å². The predicted octanol–water partition coefficient (Wildman–Crippen LogP) is 2.43. The summed E-state index contributed by atoms with van der Waals surface area (Å²) < 4.78 is 5.05. The topological polar surface area (TPSA) is 84.0 Å². The molecule has 0 aliphatic carbocycles. The summed E-state index contributed by atoms with van der Waals surface area (Å²) in [6, 6.07) is 6.97. The van der Waals surface area contributed by atoms with Crippen molar-refractivity contribution >= 4 is 23.6 Å². The molecule has 0 spiro atoms. The molecule has 164 valence electrons. The van der Waals surface area contributed by atoms with Gasteiger partial charge in [0.15, 0.2) is 0 Å². The van der Waals surface area contributed by atoms with Gasteiger partial charge in [0.1, 0.15) is 0 Å². The van der Waals surface area contributed by atoms with E-state index in [0.29, 0.717) is 31.6 Å². The van der Waals surface area contributed by atoms with Crippen LogP contribution in [0.1, 0.15) is 56.5 Å². The van der Waals surface area contributed by atoms with Crippen LogP contribution in [0.3, 0.4) is 0 Å². The maximum absolute atomic E-state index is 12.6. The number of hydrogen-bond donors (Lipinski definition) is 0. The molecule has 0 bridgehead atoms. The number of ketones is 1. The van der Waals surface area contributed by atoms with Crippen LogP contribution in [0.4, 0.5) is 0 Å². The fourth-order valence-electron chi connectivity index (χ4n) is 3.45. The minimum atomic E-state index is -0.731. The maximum atomic E-state index is 12.6. The van der Waals surface area contributed by atoms with Gasteiger partial charge in [0.2, 0.25) is 11.7 Å². The summed E-state index contributed by atoms with van der Waals surface area (Å²) >= 11 is 0. The van der Waals surface area contributed by atoms with Crippen LogP contribution in [-0.2, 0) is 24.5 Å². The molecule has 7 nitrogen and oxygen atoms in total. The number of rotatable bonds is 6. The second-order valence-corrected chi connectivity index (χ2v) is 8.75. The molecule has 2 amide bonds. The van der Waals surface area contributed by atoms with Crippen LogP contribution in [0.25, 0.3) is 0 Å². The van der Waals surface area contributed by atoms with Crippen molar-refractivity contribution in [1.29, 1.82) is 0 Å². The van der Waals surface area contributed by atoms with E-state index in [-0.39, 0.29) is 36.3 Å². The van der Waals surface area contributed by atoms with Gasteiger partial charge in [0.25, 0.3) is 5.91 Å². The highest BCUT2D eigenvalue weighted by Crippen LogP contribution is 2.22. The number of likely N-dealkylation sites (tertiary alicyclic amines) is 1. The number of nitrogens with zero attached hydrogens (tertiary/aromatic N) is 2. The van der Waals surface area contributed by atoms with Crippen LogP contribution in [0.2, 0.25) is 0 Å². The Morgan fingerprint density at radius 1 is 1.13 bits per heavy atom. The second kappa shape index (κ2) is 9.87. The number of carbonyl (C=O) groups excluding carboxylic acids is 4. The molecule has 0 saturated carbocycles. The number of hydrogen-bond acceptors (Lipinski definition) is 5. The minimum Gasteiger partial charge on any atom is -0.466 e. The normalized spacial score (nSPS) is 16.7. The van der Waals surface area contributed by atoms with Crippen LogP contribution in [0.5, 0.6) is 0 Å². The lowest BCUT2D eigenvalue weighted by Crippen LogP contribution is -2.48. The molecule has 1 aromatic rings. The van der Waals surface area contributed by atoms with Gasteiger partial charge in [0.05, 0.1) is 19.1 Å². The first-order valence-corrected chi connectivity index (χ1v) is 10.4. The molecule has 1 aliphatic rings. The Hall–Kier alpha value is -2.70. The van der Waals surface area contributed by atoms with Crippen LogP contribution in [-0.4, -0.2) is 66.7 Å². The molecule has 1 atom stereocenters. The van der Waals surface area contributed by atoms with Gasteiger partial charge >= 0.3 is 5.97 Å². The van der Waals surface area contributed by atoms with E-state index in [1.807, 2.05) is 12.1 Å². The lowest BCUT2D eigenvalue weighted by molar-refractivity contribution is -0.151. The molecule has 2 rings (SSSR count). The number of benzene rings is 1. The monoisotopic (exact) mass is 416 g/mol. The van der Waals surface area contributed by atoms with E-state index in [4.69, 9.17) is 4.74 Å². The largest absolute Gasteiger partial charge is 0.466 e. The van der Waals surface area contributed by atoms with Gasteiger partial charge in [0, 0.05) is 25.7 Å². The van der Waals surface area contributed by atoms with Gasteiger partial charge in [-0.25, -0.2) is 0 Å². The van der Waals surface area contributed by atoms with Crippen LogP contribution < -0.4 is 0 Å². The van der Waals surface area contributed by atoms with Crippen molar-refractivity contribution in [2.45, 2.75) is 46.0 Å². The Balaban J connectivity index is 1.96. The average Bonchev–Trinajstić information content (AvgIpc) is 2.72. The third-order valence-corrected chi connectivity index (χ3v) is 5.32. The molecule has 7 heteroatoms. The number of amides is 2. The molecule has 0 radical (unpaired) electrons. The van der Waals surface area contributed by atoms with Crippen molar-refractivity contribution in [2.24, 2.45) is 5.92 Å². The van der Waals surface area contributed by atoms with Crippen LogP contribution in [0.15, 0.2) is 24.3 Å². The molecule has 30 heavy (non-hydrogen) atoms. The lowest BCUT2D eigenvalue weighted by Gasteiger charge is -2.32. The SMILES string of the molecule is CCOC(=O)C1CCCN(C(=O)CN(C)C(=O)C(=O)c2ccc(C(C)(C)C)cc2)C1. The van der Waals surface area contributed by atoms with Crippen molar-refractivity contribution in [1.82, 2.24) is 9.80 Å². The van der Waals surface area contributed by atoms with E-state index >= 15 is 0 Å². The molecular formula is C23H32N2O5. The number of carbonyl (C=O) groups is 4. The molecular weight excluding hydrogens is 384 g/mol. The fraction of sp³-hybridized carbons (Fsp3) is 0.565. The van der Waals surface area contributed by atoms with Crippen LogP contribution in [0, 0.1) is 5.92 Å². The third kappa shape index (κ3) is 5.90. The summed E-state index contributed by atoms with van der Waals surface area (Å²) in [5.74, 6) is -2.30. The maximum Gasteiger partial charge on any atom is 0.310 e. The molecule has 1 unspecified atom stereocenters. The number of ether oxygens (including phenoxy) is 1. The van der Waals surface area contributed by atoms with E-state index in [0.717, 1.165) is 10.5 Å². The number of piperidine rings is 1. The summed E-state index contributed by atoms with van der Waals surface area (Å²) in [7, 11) is 1.44. The number of likely N-dealkylation sites (N-methyl/N-ethyl adjacent to an activating group) is 1. The molecule has 1 aromatic carbocycles. The van der Waals surface area contributed by atoms with Gasteiger partial charge in [-0.1, -0.05) is 45.0 Å². The Labute approximate surface area is 178 Å².